The minimum atomic E-state index is -0.179. The van der Waals surface area contributed by atoms with Gasteiger partial charge in [-0.15, -0.1) is 0 Å². The number of carbonyl (C=O) groups excluding carboxylic acids is 1. The number of anilines is 1. The molecule has 0 saturated heterocycles. The third-order valence-electron chi connectivity index (χ3n) is 3.45. The summed E-state index contributed by atoms with van der Waals surface area (Å²) in [5, 5.41) is 14.3. The molecule has 3 heteroatoms. The summed E-state index contributed by atoms with van der Waals surface area (Å²) in [6.07, 6.45) is 0. The zero-order valence-electron chi connectivity index (χ0n) is 11.4. The van der Waals surface area contributed by atoms with Gasteiger partial charge in [-0.25, -0.2) is 0 Å². The highest BCUT2D eigenvalue weighted by Crippen LogP contribution is 2.19. The summed E-state index contributed by atoms with van der Waals surface area (Å²) >= 11 is 0. The van der Waals surface area contributed by atoms with Gasteiger partial charge in [0.1, 0.15) is 0 Å². The lowest BCUT2D eigenvalue weighted by Gasteiger charge is -2.09. The van der Waals surface area contributed by atoms with Crippen LogP contribution in [0.2, 0.25) is 0 Å². The van der Waals surface area contributed by atoms with Gasteiger partial charge < -0.3 is 10.4 Å². The first-order chi connectivity index (χ1) is 10.3. The molecule has 3 aromatic carbocycles. The number of carbonyl (C=O) groups is 1. The molecule has 3 rings (SSSR count). The van der Waals surface area contributed by atoms with E-state index >= 15 is 0 Å². The monoisotopic (exact) mass is 277 g/mol. The molecule has 0 aliphatic heterocycles. The van der Waals surface area contributed by atoms with Crippen LogP contribution in [0.15, 0.2) is 66.7 Å². The lowest BCUT2D eigenvalue weighted by molar-refractivity contribution is 0.102. The van der Waals surface area contributed by atoms with Gasteiger partial charge in [0.05, 0.1) is 6.61 Å². The Hall–Kier alpha value is -2.65. The lowest BCUT2D eigenvalue weighted by Crippen LogP contribution is -2.13. The van der Waals surface area contributed by atoms with Gasteiger partial charge in [0.25, 0.3) is 5.91 Å². The van der Waals surface area contributed by atoms with Crippen molar-refractivity contribution in [3.63, 3.8) is 0 Å². The molecule has 0 aliphatic carbocycles. The summed E-state index contributed by atoms with van der Waals surface area (Å²) in [5.74, 6) is -0.179. The molecule has 0 fully saturated rings. The van der Waals surface area contributed by atoms with Gasteiger partial charge in [-0.05, 0) is 29.0 Å². The number of aliphatic hydroxyl groups excluding tert-OH is 1. The molecule has 2 N–H and O–H groups in total. The molecule has 0 unspecified atom stereocenters. The van der Waals surface area contributed by atoms with Crippen LogP contribution in [-0.4, -0.2) is 11.0 Å². The van der Waals surface area contributed by atoms with Crippen molar-refractivity contribution in [2.75, 3.05) is 5.32 Å². The van der Waals surface area contributed by atoms with Crippen LogP contribution in [0.3, 0.4) is 0 Å². The third kappa shape index (κ3) is 2.78. The lowest BCUT2D eigenvalue weighted by atomic mass is 10.1. The smallest absolute Gasteiger partial charge is 0.255 e. The first-order valence-corrected chi connectivity index (χ1v) is 6.77. The molecule has 0 atom stereocenters. The fraction of sp³-hybridized carbons (Fsp3) is 0.0556. The van der Waals surface area contributed by atoms with Crippen molar-refractivity contribution in [2.24, 2.45) is 0 Å². The minimum absolute atomic E-state index is 0.103. The summed E-state index contributed by atoms with van der Waals surface area (Å²) in [7, 11) is 0. The van der Waals surface area contributed by atoms with E-state index in [1.165, 1.54) is 0 Å². The molecule has 0 spiro atoms. The van der Waals surface area contributed by atoms with Crippen LogP contribution < -0.4 is 5.32 Å². The van der Waals surface area contributed by atoms with E-state index in [2.05, 4.69) is 5.32 Å². The molecule has 21 heavy (non-hydrogen) atoms. The number of aliphatic hydroxyl groups is 1. The van der Waals surface area contributed by atoms with Crippen LogP contribution in [0.25, 0.3) is 10.8 Å². The number of nitrogens with one attached hydrogen (secondary N) is 1. The van der Waals surface area contributed by atoms with E-state index in [9.17, 15) is 9.90 Å². The van der Waals surface area contributed by atoms with E-state index in [1.807, 2.05) is 48.5 Å². The first-order valence-electron chi connectivity index (χ1n) is 6.77. The zero-order valence-corrected chi connectivity index (χ0v) is 11.4. The van der Waals surface area contributed by atoms with Crippen molar-refractivity contribution in [1.29, 1.82) is 0 Å². The van der Waals surface area contributed by atoms with Crippen LogP contribution in [0.1, 0.15) is 15.9 Å². The van der Waals surface area contributed by atoms with Gasteiger partial charge in [-0.1, -0.05) is 48.5 Å². The molecule has 0 heterocycles. The largest absolute Gasteiger partial charge is 0.392 e. The second kappa shape index (κ2) is 5.77. The summed E-state index contributed by atoms with van der Waals surface area (Å²) in [6.45, 7) is -0.103. The molecule has 0 bridgehead atoms. The maximum absolute atomic E-state index is 12.3. The molecule has 0 aliphatic rings. The molecule has 3 nitrogen and oxygen atoms in total. The quantitative estimate of drug-likeness (QED) is 0.768. The van der Waals surface area contributed by atoms with E-state index < -0.39 is 0 Å². The molecule has 0 radical (unpaired) electrons. The van der Waals surface area contributed by atoms with Gasteiger partial charge in [-0.3, -0.25) is 4.79 Å². The van der Waals surface area contributed by atoms with Crippen molar-refractivity contribution >= 4 is 22.4 Å². The average molecular weight is 277 g/mol. The van der Waals surface area contributed by atoms with Crippen LogP contribution in [-0.2, 0) is 6.61 Å². The van der Waals surface area contributed by atoms with E-state index in [0.717, 1.165) is 10.8 Å². The topological polar surface area (TPSA) is 49.3 Å². The van der Waals surface area contributed by atoms with Gasteiger partial charge in [-0.2, -0.15) is 0 Å². The first kappa shape index (κ1) is 13.3. The summed E-state index contributed by atoms with van der Waals surface area (Å²) in [6, 6.07) is 20.7. The minimum Gasteiger partial charge on any atom is -0.392 e. The normalized spacial score (nSPS) is 10.5. The molecule has 104 valence electrons. The standard InChI is InChI=1S/C18H15NO2/c20-12-16-7-3-4-8-17(16)19-18(21)15-10-9-13-5-1-2-6-14(13)11-15/h1-11,20H,12H2,(H,19,21). The number of hydrogen-bond donors (Lipinski definition) is 2. The number of amides is 1. The fourth-order valence-electron chi connectivity index (χ4n) is 2.31. The molecular formula is C18H15NO2. The predicted octanol–water partition coefficient (Wildman–Crippen LogP) is 3.58. The molecule has 0 aromatic heterocycles. The molecule has 1 amide bonds. The summed E-state index contributed by atoms with van der Waals surface area (Å²) in [4.78, 5) is 12.3. The Labute approximate surface area is 122 Å². The van der Waals surface area contributed by atoms with Crippen LogP contribution in [0.5, 0.6) is 0 Å². The second-order valence-corrected chi connectivity index (χ2v) is 4.83. The molecule has 0 saturated carbocycles. The highest BCUT2D eigenvalue weighted by molar-refractivity contribution is 6.06. The van der Waals surface area contributed by atoms with Gasteiger partial charge in [0.2, 0.25) is 0 Å². The fourth-order valence-corrected chi connectivity index (χ4v) is 2.31. The maximum atomic E-state index is 12.3. The Morgan fingerprint density at radius 3 is 2.43 bits per heavy atom. The Kier molecular flexibility index (Phi) is 3.67. The van der Waals surface area contributed by atoms with Crippen LogP contribution >= 0.6 is 0 Å². The number of benzene rings is 3. The number of fused-ring (bicyclic) bond motifs is 1. The SMILES string of the molecule is O=C(Nc1ccccc1CO)c1ccc2ccccc2c1. The Bertz CT molecular complexity index is 796. The zero-order chi connectivity index (χ0) is 14.7. The van der Waals surface area contributed by atoms with E-state index in [-0.39, 0.29) is 12.5 Å². The van der Waals surface area contributed by atoms with Crippen LogP contribution in [0, 0.1) is 0 Å². The summed E-state index contributed by atoms with van der Waals surface area (Å²) < 4.78 is 0. The van der Waals surface area contributed by atoms with E-state index in [0.29, 0.717) is 16.8 Å². The number of para-hydroxylation sites is 1. The Morgan fingerprint density at radius 2 is 1.62 bits per heavy atom. The third-order valence-corrected chi connectivity index (χ3v) is 3.45. The van der Waals surface area contributed by atoms with E-state index in [1.54, 1.807) is 18.2 Å². The van der Waals surface area contributed by atoms with Gasteiger partial charge in [0, 0.05) is 16.8 Å². The van der Waals surface area contributed by atoms with Crippen molar-refractivity contribution in [2.45, 2.75) is 6.61 Å². The Balaban J connectivity index is 1.90. The molecular weight excluding hydrogens is 262 g/mol. The van der Waals surface area contributed by atoms with Crippen LogP contribution in [0.4, 0.5) is 5.69 Å². The highest BCUT2D eigenvalue weighted by atomic mass is 16.3. The second-order valence-electron chi connectivity index (χ2n) is 4.83. The van der Waals surface area contributed by atoms with Gasteiger partial charge >= 0.3 is 0 Å². The van der Waals surface area contributed by atoms with Crippen molar-refractivity contribution in [1.82, 2.24) is 0 Å². The predicted molar refractivity (Wildman–Crippen MR) is 84.3 cm³/mol. The van der Waals surface area contributed by atoms with E-state index in [4.69, 9.17) is 0 Å². The molecule has 3 aromatic rings. The number of hydrogen-bond acceptors (Lipinski definition) is 2. The van der Waals surface area contributed by atoms with Gasteiger partial charge in [0.15, 0.2) is 0 Å². The number of rotatable bonds is 3. The summed E-state index contributed by atoms with van der Waals surface area (Å²) in [5.41, 5.74) is 1.94. The van der Waals surface area contributed by atoms with Crippen molar-refractivity contribution in [3.8, 4) is 0 Å². The Morgan fingerprint density at radius 1 is 0.905 bits per heavy atom. The van der Waals surface area contributed by atoms with Crippen molar-refractivity contribution < 1.29 is 9.90 Å². The maximum Gasteiger partial charge on any atom is 0.255 e. The van der Waals surface area contributed by atoms with Crippen molar-refractivity contribution in [3.05, 3.63) is 77.9 Å². The average Bonchev–Trinajstić information content (AvgIpc) is 2.55. The highest BCUT2D eigenvalue weighted by Gasteiger charge is 2.09.